The minimum atomic E-state index is -1.14. The van der Waals surface area contributed by atoms with Gasteiger partial charge in [-0.1, -0.05) is 37.9 Å². The van der Waals surface area contributed by atoms with E-state index in [-0.39, 0.29) is 0 Å². The lowest BCUT2D eigenvalue weighted by molar-refractivity contribution is 0.0600. The van der Waals surface area contributed by atoms with Gasteiger partial charge >= 0.3 is 5.97 Å². The largest absolute Gasteiger partial charge is 0.465 e. The van der Waals surface area contributed by atoms with Gasteiger partial charge < -0.3 is 4.74 Å². The van der Waals surface area contributed by atoms with Crippen LogP contribution < -0.4 is 0 Å². The minimum absolute atomic E-state index is 0.379. The summed E-state index contributed by atoms with van der Waals surface area (Å²) in [5.74, 6) is -0.0137. The van der Waals surface area contributed by atoms with E-state index in [0.29, 0.717) is 11.3 Å². The number of halogens is 2. The lowest BCUT2D eigenvalue weighted by Gasteiger charge is -2.07. The number of carbonyl (C=O) groups excluding carboxylic acids is 1. The number of carbonyl (C=O) groups is 1. The molecule has 0 N–H and O–H groups in total. The Hall–Kier alpha value is -0.980. The zero-order valence-corrected chi connectivity index (χ0v) is 15.1. The first kappa shape index (κ1) is 16.4. The van der Waals surface area contributed by atoms with Gasteiger partial charge in [0.15, 0.2) is 0 Å². The molecule has 0 fully saturated rings. The van der Waals surface area contributed by atoms with E-state index < -0.39 is 16.8 Å². The van der Waals surface area contributed by atoms with Crippen LogP contribution in [0.25, 0.3) is 0 Å². The van der Waals surface area contributed by atoms with Crippen LogP contribution in [0.5, 0.6) is 0 Å². The number of methoxy groups -OCH3 is 1. The summed E-state index contributed by atoms with van der Waals surface area (Å²) in [6.45, 7) is 0. The molecule has 1 unspecified atom stereocenters. The van der Waals surface area contributed by atoms with Gasteiger partial charge in [-0.2, -0.15) is 0 Å². The highest BCUT2D eigenvalue weighted by Gasteiger charge is 2.11. The minimum Gasteiger partial charge on any atom is -0.465 e. The maximum absolute atomic E-state index is 12.3. The van der Waals surface area contributed by atoms with Gasteiger partial charge in [0.25, 0.3) is 0 Å². The molecule has 0 aliphatic rings. The van der Waals surface area contributed by atoms with Gasteiger partial charge in [0.05, 0.1) is 29.2 Å². The van der Waals surface area contributed by atoms with E-state index in [1.54, 1.807) is 18.2 Å². The average molecular weight is 432 g/mol. The summed E-state index contributed by atoms with van der Waals surface area (Å²) >= 11 is 6.76. The first-order chi connectivity index (χ1) is 10.0. The highest BCUT2D eigenvalue weighted by molar-refractivity contribution is 9.10. The van der Waals surface area contributed by atoms with Gasteiger partial charge in [-0.05, 0) is 42.0 Å². The summed E-state index contributed by atoms with van der Waals surface area (Å²) in [6.07, 6.45) is 0. The van der Waals surface area contributed by atoms with Crippen molar-refractivity contribution in [3.8, 4) is 0 Å². The van der Waals surface area contributed by atoms with Crippen LogP contribution in [-0.2, 0) is 21.3 Å². The van der Waals surface area contributed by atoms with Crippen molar-refractivity contribution < 1.29 is 13.7 Å². The zero-order valence-electron chi connectivity index (χ0n) is 11.1. The Morgan fingerprint density at radius 3 is 2.38 bits per heavy atom. The first-order valence-corrected chi connectivity index (χ1v) is 8.92. The molecule has 0 aliphatic heterocycles. The van der Waals surface area contributed by atoms with Crippen molar-refractivity contribution in [2.45, 2.75) is 10.6 Å². The van der Waals surface area contributed by atoms with Crippen LogP contribution >= 0.6 is 31.9 Å². The fourth-order valence-corrected chi connectivity index (χ4v) is 3.83. The Bertz CT molecular complexity index is 684. The second kappa shape index (κ2) is 7.33. The van der Waals surface area contributed by atoms with E-state index in [9.17, 15) is 9.00 Å². The molecule has 0 bridgehead atoms. The maximum atomic E-state index is 12.3. The molecule has 0 amide bonds. The molecule has 0 radical (unpaired) electrons. The molecule has 1 atom stereocenters. The van der Waals surface area contributed by atoms with E-state index >= 15 is 0 Å². The van der Waals surface area contributed by atoms with E-state index in [2.05, 4.69) is 36.6 Å². The van der Waals surface area contributed by atoms with Gasteiger partial charge in [-0.3, -0.25) is 4.21 Å². The van der Waals surface area contributed by atoms with Crippen LogP contribution in [0.1, 0.15) is 15.9 Å². The Labute approximate surface area is 142 Å². The van der Waals surface area contributed by atoms with Crippen molar-refractivity contribution in [1.82, 2.24) is 0 Å². The summed E-state index contributed by atoms with van der Waals surface area (Å²) in [7, 11) is 0.201. The molecular formula is C15H12Br2O3S. The van der Waals surface area contributed by atoms with E-state index in [1.165, 1.54) is 7.11 Å². The Balaban J connectivity index is 2.18. The predicted octanol–water partition coefficient (Wildman–Crippen LogP) is 4.31. The van der Waals surface area contributed by atoms with Crippen LogP contribution in [0, 0.1) is 0 Å². The van der Waals surface area contributed by atoms with Crippen LogP contribution in [-0.4, -0.2) is 17.3 Å². The van der Waals surface area contributed by atoms with Crippen molar-refractivity contribution in [2.24, 2.45) is 0 Å². The molecule has 21 heavy (non-hydrogen) atoms. The van der Waals surface area contributed by atoms with Crippen molar-refractivity contribution >= 4 is 48.6 Å². The molecule has 0 spiro atoms. The number of ether oxygens (including phenoxy) is 1. The molecule has 2 aromatic rings. The average Bonchev–Trinajstić information content (AvgIpc) is 2.49. The van der Waals surface area contributed by atoms with Gasteiger partial charge in [0.2, 0.25) is 0 Å². The number of hydrogen-bond acceptors (Lipinski definition) is 3. The Morgan fingerprint density at radius 1 is 1.14 bits per heavy atom. The third-order valence-corrected chi connectivity index (χ3v) is 5.48. The topological polar surface area (TPSA) is 43.4 Å². The summed E-state index contributed by atoms with van der Waals surface area (Å²) in [4.78, 5) is 12.2. The first-order valence-electron chi connectivity index (χ1n) is 6.02. The SMILES string of the molecule is COC(=O)c1ccc(CS(=O)c2ccc(Br)cc2)c(Br)c1. The van der Waals surface area contributed by atoms with Crippen LogP contribution in [0.2, 0.25) is 0 Å². The van der Waals surface area contributed by atoms with E-state index in [0.717, 1.165) is 19.4 Å². The fourth-order valence-electron chi connectivity index (χ4n) is 1.72. The molecule has 0 saturated heterocycles. The third kappa shape index (κ3) is 4.25. The van der Waals surface area contributed by atoms with Crippen molar-refractivity contribution in [3.63, 3.8) is 0 Å². The van der Waals surface area contributed by atoms with E-state index in [1.807, 2.05) is 24.3 Å². The number of rotatable bonds is 4. The summed E-state index contributed by atoms with van der Waals surface area (Å²) < 4.78 is 18.7. The second-order valence-electron chi connectivity index (χ2n) is 4.24. The van der Waals surface area contributed by atoms with Crippen molar-refractivity contribution in [3.05, 3.63) is 62.5 Å². The van der Waals surface area contributed by atoms with Crippen LogP contribution in [0.3, 0.4) is 0 Å². The number of hydrogen-bond donors (Lipinski definition) is 0. The molecule has 0 aromatic heterocycles. The predicted molar refractivity (Wildman–Crippen MR) is 89.7 cm³/mol. The zero-order chi connectivity index (χ0) is 15.4. The summed E-state index contributed by atoms with van der Waals surface area (Å²) in [5, 5.41) is 0. The molecule has 6 heteroatoms. The quantitative estimate of drug-likeness (QED) is 0.677. The molecule has 110 valence electrons. The molecular weight excluding hydrogens is 420 g/mol. The van der Waals surface area contributed by atoms with E-state index in [4.69, 9.17) is 0 Å². The van der Waals surface area contributed by atoms with Gasteiger partial charge in [0.1, 0.15) is 0 Å². The number of benzene rings is 2. The Morgan fingerprint density at radius 2 is 1.81 bits per heavy atom. The molecule has 3 nitrogen and oxygen atoms in total. The monoisotopic (exact) mass is 430 g/mol. The molecule has 0 aliphatic carbocycles. The maximum Gasteiger partial charge on any atom is 0.337 e. The molecule has 0 saturated carbocycles. The number of esters is 1. The van der Waals surface area contributed by atoms with Crippen molar-refractivity contribution in [1.29, 1.82) is 0 Å². The molecule has 2 rings (SSSR count). The third-order valence-electron chi connectivity index (χ3n) is 2.84. The van der Waals surface area contributed by atoms with Crippen LogP contribution in [0.15, 0.2) is 56.3 Å². The lowest BCUT2D eigenvalue weighted by Crippen LogP contribution is -2.03. The molecule has 2 aromatic carbocycles. The fraction of sp³-hybridized carbons (Fsp3) is 0.133. The van der Waals surface area contributed by atoms with Gasteiger partial charge in [0, 0.05) is 13.8 Å². The van der Waals surface area contributed by atoms with Crippen LogP contribution in [0.4, 0.5) is 0 Å². The second-order valence-corrected chi connectivity index (χ2v) is 7.46. The van der Waals surface area contributed by atoms with Gasteiger partial charge in [-0.15, -0.1) is 0 Å². The smallest absolute Gasteiger partial charge is 0.337 e. The Kier molecular flexibility index (Phi) is 5.72. The highest BCUT2D eigenvalue weighted by Crippen LogP contribution is 2.23. The summed E-state index contributed by atoms with van der Waals surface area (Å²) in [5.41, 5.74) is 1.34. The standard InChI is InChI=1S/C15H12Br2O3S/c1-20-15(18)10-2-3-11(14(17)8-10)9-21(19)13-6-4-12(16)5-7-13/h2-8H,9H2,1H3. The summed E-state index contributed by atoms with van der Waals surface area (Å²) in [6, 6.07) is 12.5. The lowest BCUT2D eigenvalue weighted by atomic mass is 10.1. The molecule has 0 heterocycles. The van der Waals surface area contributed by atoms with Crippen molar-refractivity contribution in [2.75, 3.05) is 7.11 Å². The highest BCUT2D eigenvalue weighted by atomic mass is 79.9. The normalized spacial score (nSPS) is 12.0. The van der Waals surface area contributed by atoms with Gasteiger partial charge in [-0.25, -0.2) is 4.79 Å².